The van der Waals surface area contributed by atoms with E-state index in [1.165, 1.54) is 5.56 Å². The van der Waals surface area contributed by atoms with E-state index in [2.05, 4.69) is 47.1 Å². The molecule has 194 valence electrons. The lowest BCUT2D eigenvalue weighted by atomic mass is 10.1. The second-order valence-corrected chi connectivity index (χ2v) is 9.55. The third-order valence-electron chi connectivity index (χ3n) is 6.40. The van der Waals surface area contributed by atoms with Crippen LogP contribution in [0.3, 0.4) is 0 Å². The van der Waals surface area contributed by atoms with Crippen molar-refractivity contribution in [1.29, 1.82) is 0 Å². The van der Waals surface area contributed by atoms with Gasteiger partial charge in [-0.15, -0.1) is 0 Å². The van der Waals surface area contributed by atoms with Gasteiger partial charge in [0.25, 0.3) is 5.91 Å². The van der Waals surface area contributed by atoms with Crippen LogP contribution in [0.4, 0.5) is 0 Å². The summed E-state index contributed by atoms with van der Waals surface area (Å²) in [7, 11) is 0. The van der Waals surface area contributed by atoms with Gasteiger partial charge in [-0.1, -0.05) is 42.0 Å². The lowest BCUT2D eigenvalue weighted by Crippen LogP contribution is -2.30. The number of carbonyl (C=O) groups is 1. The highest BCUT2D eigenvalue weighted by molar-refractivity contribution is 5.77. The molecule has 0 aliphatic rings. The van der Waals surface area contributed by atoms with E-state index in [9.17, 15) is 4.79 Å². The first-order valence-corrected chi connectivity index (χ1v) is 13.1. The molecule has 4 aromatic rings. The number of para-hydroxylation sites is 2. The van der Waals surface area contributed by atoms with Crippen molar-refractivity contribution in [3.63, 3.8) is 0 Å². The van der Waals surface area contributed by atoms with Crippen LogP contribution in [0.25, 0.3) is 11.0 Å². The Bertz CT molecular complexity index is 1310. The van der Waals surface area contributed by atoms with Crippen molar-refractivity contribution < 1.29 is 14.3 Å². The number of rotatable bonds is 13. The smallest absolute Gasteiger partial charge is 0.257 e. The van der Waals surface area contributed by atoms with Gasteiger partial charge in [0.1, 0.15) is 17.3 Å². The quantitative estimate of drug-likeness (QED) is 0.231. The Morgan fingerprint density at radius 1 is 0.892 bits per heavy atom. The Hall–Kier alpha value is -3.80. The first-order chi connectivity index (χ1) is 18.0. The number of fused-ring (bicyclic) bond motifs is 1. The van der Waals surface area contributed by atoms with Gasteiger partial charge in [-0.25, -0.2) is 4.98 Å². The second-order valence-electron chi connectivity index (χ2n) is 9.55. The molecule has 0 saturated carbocycles. The molecule has 1 aromatic heterocycles. The number of unbranched alkanes of at least 4 members (excludes halogenated alkanes) is 1. The monoisotopic (exact) mass is 499 g/mol. The molecule has 6 heteroatoms. The maximum atomic E-state index is 12.3. The summed E-state index contributed by atoms with van der Waals surface area (Å²) in [6, 6.07) is 22.4. The lowest BCUT2D eigenvalue weighted by molar-refractivity contribution is -0.123. The average molecular weight is 500 g/mol. The predicted molar refractivity (Wildman–Crippen MR) is 148 cm³/mol. The van der Waals surface area contributed by atoms with E-state index in [0.29, 0.717) is 13.2 Å². The zero-order valence-corrected chi connectivity index (χ0v) is 22.1. The molecule has 0 saturated heterocycles. The zero-order chi connectivity index (χ0) is 26.0. The van der Waals surface area contributed by atoms with Crippen molar-refractivity contribution in [2.75, 3.05) is 19.8 Å². The van der Waals surface area contributed by atoms with Gasteiger partial charge in [0.05, 0.1) is 17.6 Å². The summed E-state index contributed by atoms with van der Waals surface area (Å²) in [6.07, 6.45) is 3.59. The Morgan fingerprint density at radius 2 is 1.68 bits per heavy atom. The number of nitrogens with zero attached hydrogens (tertiary/aromatic N) is 2. The van der Waals surface area contributed by atoms with E-state index in [0.717, 1.165) is 71.7 Å². The van der Waals surface area contributed by atoms with Gasteiger partial charge in [0.2, 0.25) is 0 Å². The van der Waals surface area contributed by atoms with Gasteiger partial charge in [-0.3, -0.25) is 4.79 Å². The molecule has 0 aliphatic heterocycles. The number of amides is 1. The number of aromatic nitrogens is 2. The summed E-state index contributed by atoms with van der Waals surface area (Å²) in [6.45, 7) is 8.27. The van der Waals surface area contributed by atoms with Crippen molar-refractivity contribution in [3.05, 3.63) is 89.2 Å². The van der Waals surface area contributed by atoms with Gasteiger partial charge >= 0.3 is 0 Å². The molecule has 0 radical (unpaired) electrons. The van der Waals surface area contributed by atoms with Gasteiger partial charge < -0.3 is 19.4 Å². The largest absolute Gasteiger partial charge is 0.494 e. The van der Waals surface area contributed by atoms with Crippen LogP contribution in [0.15, 0.2) is 66.7 Å². The normalized spacial score (nSPS) is 11.0. The summed E-state index contributed by atoms with van der Waals surface area (Å²) in [5, 5.41) is 2.97. The van der Waals surface area contributed by atoms with Crippen LogP contribution in [0.5, 0.6) is 11.5 Å². The third kappa shape index (κ3) is 7.59. The van der Waals surface area contributed by atoms with Crippen molar-refractivity contribution in [2.45, 2.75) is 53.0 Å². The summed E-state index contributed by atoms with van der Waals surface area (Å²) < 4.78 is 13.9. The maximum absolute atomic E-state index is 12.3. The molecule has 6 nitrogen and oxygen atoms in total. The number of carbonyl (C=O) groups excluding carboxylic acids is 1. The molecular weight excluding hydrogens is 462 g/mol. The van der Waals surface area contributed by atoms with Gasteiger partial charge in [-0.2, -0.15) is 0 Å². The number of benzene rings is 3. The topological polar surface area (TPSA) is 65.4 Å². The molecule has 0 atom stereocenters. The molecule has 0 aliphatic carbocycles. The molecular formula is C31H37N3O3. The average Bonchev–Trinajstić information content (AvgIpc) is 3.25. The second kappa shape index (κ2) is 12.9. The Morgan fingerprint density at radius 3 is 2.51 bits per heavy atom. The third-order valence-corrected chi connectivity index (χ3v) is 6.40. The summed E-state index contributed by atoms with van der Waals surface area (Å²) in [5.74, 6) is 2.62. The Labute approximate surface area is 219 Å². The molecule has 3 aromatic carbocycles. The van der Waals surface area contributed by atoms with Crippen LogP contribution < -0.4 is 14.8 Å². The van der Waals surface area contributed by atoms with Crippen molar-refractivity contribution in [3.8, 4) is 11.5 Å². The minimum atomic E-state index is -0.108. The first kappa shape index (κ1) is 26.3. The Kier molecular flexibility index (Phi) is 9.19. The van der Waals surface area contributed by atoms with E-state index in [1.807, 2.05) is 50.2 Å². The van der Waals surface area contributed by atoms with Crippen LogP contribution in [-0.4, -0.2) is 35.2 Å². The number of nitrogens with one attached hydrogen (secondary N) is 1. The fourth-order valence-electron chi connectivity index (χ4n) is 4.29. The van der Waals surface area contributed by atoms with E-state index < -0.39 is 0 Å². The fourth-order valence-corrected chi connectivity index (χ4v) is 4.29. The molecule has 4 rings (SSSR count). The molecule has 1 N–H and O–H groups in total. The van der Waals surface area contributed by atoms with Crippen molar-refractivity contribution >= 4 is 16.9 Å². The highest BCUT2D eigenvalue weighted by atomic mass is 16.5. The molecule has 0 unspecified atom stereocenters. The lowest BCUT2D eigenvalue weighted by Gasteiger charge is -2.11. The van der Waals surface area contributed by atoms with Crippen LogP contribution in [0.2, 0.25) is 0 Å². The molecule has 1 heterocycles. The van der Waals surface area contributed by atoms with E-state index >= 15 is 0 Å². The van der Waals surface area contributed by atoms with Crippen LogP contribution >= 0.6 is 0 Å². The summed E-state index contributed by atoms with van der Waals surface area (Å²) in [5.41, 5.74) is 5.54. The van der Waals surface area contributed by atoms with E-state index in [1.54, 1.807) is 0 Å². The highest BCUT2D eigenvalue weighted by Gasteiger charge is 2.11. The van der Waals surface area contributed by atoms with E-state index in [4.69, 9.17) is 14.5 Å². The fraction of sp³-hybridized carbons (Fsp3) is 0.355. The molecule has 0 bridgehead atoms. The van der Waals surface area contributed by atoms with Crippen LogP contribution in [-0.2, 0) is 17.8 Å². The highest BCUT2D eigenvalue weighted by Crippen LogP contribution is 2.20. The number of aryl methyl sites for hydroxylation is 5. The summed E-state index contributed by atoms with van der Waals surface area (Å²) >= 11 is 0. The molecule has 37 heavy (non-hydrogen) atoms. The number of imidazole rings is 1. The number of hydrogen-bond donors (Lipinski definition) is 1. The number of hydrogen-bond acceptors (Lipinski definition) is 4. The maximum Gasteiger partial charge on any atom is 0.257 e. The van der Waals surface area contributed by atoms with Crippen molar-refractivity contribution in [1.82, 2.24) is 14.9 Å². The van der Waals surface area contributed by atoms with Gasteiger partial charge in [0.15, 0.2) is 6.61 Å². The zero-order valence-electron chi connectivity index (χ0n) is 22.1. The molecule has 1 amide bonds. The van der Waals surface area contributed by atoms with Gasteiger partial charge in [-0.05, 0) is 81.5 Å². The minimum absolute atomic E-state index is 0.0213. The Balaban J connectivity index is 1.23. The predicted octanol–water partition coefficient (Wildman–Crippen LogP) is 5.95. The number of ether oxygens (including phenoxy) is 2. The first-order valence-electron chi connectivity index (χ1n) is 13.1. The standard InChI is InChI=1S/C31H37N3O3/c1-23-13-16-26(17-14-23)36-20-7-6-19-34-28-10-5-4-9-27(28)33-30(34)11-8-18-32-31(35)22-37-29-21-24(2)12-15-25(29)3/h4-5,9-10,12-17,21H,6-8,11,18-20,22H2,1-3H3,(H,32,35). The van der Waals surface area contributed by atoms with Crippen LogP contribution in [0, 0.1) is 20.8 Å². The summed E-state index contributed by atoms with van der Waals surface area (Å²) in [4.78, 5) is 17.2. The van der Waals surface area contributed by atoms with Crippen molar-refractivity contribution in [2.24, 2.45) is 0 Å². The van der Waals surface area contributed by atoms with E-state index in [-0.39, 0.29) is 12.5 Å². The SMILES string of the molecule is Cc1ccc(OCCCCn2c(CCCNC(=O)COc3cc(C)ccc3C)nc3ccccc32)cc1. The molecule has 0 spiro atoms. The van der Waals surface area contributed by atoms with Crippen LogP contribution in [0.1, 0.15) is 41.8 Å². The molecule has 0 fully saturated rings. The minimum Gasteiger partial charge on any atom is -0.494 e. The van der Waals surface area contributed by atoms with Gasteiger partial charge in [0, 0.05) is 19.5 Å².